The zero-order valence-electron chi connectivity index (χ0n) is 18.2. The van der Waals surface area contributed by atoms with Gasteiger partial charge < -0.3 is 10.2 Å². The van der Waals surface area contributed by atoms with Crippen molar-refractivity contribution in [3.63, 3.8) is 0 Å². The van der Waals surface area contributed by atoms with Crippen LogP contribution in [0.3, 0.4) is 0 Å². The van der Waals surface area contributed by atoms with E-state index in [2.05, 4.69) is 43.8 Å². The van der Waals surface area contributed by atoms with Crippen LogP contribution in [0.25, 0.3) is 10.1 Å². The fourth-order valence-electron chi connectivity index (χ4n) is 3.89. The second-order valence-electron chi connectivity index (χ2n) is 7.86. The summed E-state index contributed by atoms with van der Waals surface area (Å²) in [4.78, 5) is 30.3. The molecule has 1 saturated heterocycles. The van der Waals surface area contributed by atoms with Gasteiger partial charge >= 0.3 is 0 Å². The Morgan fingerprint density at radius 1 is 1.09 bits per heavy atom. The predicted molar refractivity (Wildman–Crippen MR) is 136 cm³/mol. The van der Waals surface area contributed by atoms with Crippen molar-refractivity contribution in [2.24, 2.45) is 0 Å². The van der Waals surface area contributed by atoms with Crippen LogP contribution >= 0.6 is 35.3 Å². The molecule has 1 aromatic carbocycles. The molecule has 0 aliphatic carbocycles. The number of amides is 1. The lowest BCUT2D eigenvalue weighted by molar-refractivity contribution is -0.118. The van der Waals surface area contributed by atoms with Crippen molar-refractivity contribution in [2.45, 2.75) is 26.2 Å². The zero-order valence-corrected chi connectivity index (χ0v) is 20.7. The summed E-state index contributed by atoms with van der Waals surface area (Å²) in [5, 5.41) is 4.04. The zero-order chi connectivity index (χ0) is 21.6. The number of halogens is 1. The molecule has 4 rings (SSSR count). The van der Waals surface area contributed by atoms with Crippen molar-refractivity contribution in [1.82, 2.24) is 14.6 Å². The third-order valence-electron chi connectivity index (χ3n) is 5.59. The SMILES string of the molecule is CC(=O)NCCc1ccc(C(=O)CCCN2CCN(c3nsc4ccccc34)CC2)s1.Cl. The van der Waals surface area contributed by atoms with Gasteiger partial charge in [0.1, 0.15) is 5.82 Å². The number of benzene rings is 1. The molecule has 0 atom stereocenters. The number of Topliss-reactive ketones (excluding diaryl/α,β-unsaturated/α-hetero) is 1. The first-order valence-corrected chi connectivity index (χ1v) is 12.4. The first kappa shape index (κ1) is 24.6. The van der Waals surface area contributed by atoms with E-state index >= 15 is 0 Å². The van der Waals surface area contributed by atoms with E-state index in [4.69, 9.17) is 0 Å². The van der Waals surface area contributed by atoms with Gasteiger partial charge in [-0.3, -0.25) is 14.5 Å². The summed E-state index contributed by atoms with van der Waals surface area (Å²) >= 11 is 3.12. The second-order valence-corrected chi connectivity index (χ2v) is 9.83. The van der Waals surface area contributed by atoms with E-state index in [0.29, 0.717) is 13.0 Å². The first-order valence-electron chi connectivity index (χ1n) is 10.8. The van der Waals surface area contributed by atoms with Crippen LogP contribution in [0.15, 0.2) is 36.4 Å². The monoisotopic (exact) mass is 492 g/mol. The van der Waals surface area contributed by atoms with Crippen LogP contribution in [0.2, 0.25) is 0 Å². The van der Waals surface area contributed by atoms with Gasteiger partial charge in [-0.25, -0.2) is 0 Å². The lowest BCUT2D eigenvalue weighted by atomic mass is 10.1. The Kier molecular flexibility index (Phi) is 9.04. The number of anilines is 1. The van der Waals surface area contributed by atoms with Gasteiger partial charge in [-0.2, -0.15) is 4.37 Å². The molecule has 2 aromatic heterocycles. The van der Waals surface area contributed by atoms with E-state index in [1.54, 1.807) is 22.9 Å². The predicted octanol–water partition coefficient (Wildman–Crippen LogP) is 4.24. The number of ketones is 1. The van der Waals surface area contributed by atoms with Crippen LogP contribution in [-0.4, -0.2) is 60.2 Å². The van der Waals surface area contributed by atoms with Gasteiger partial charge in [-0.15, -0.1) is 23.7 Å². The molecule has 1 aliphatic heterocycles. The molecule has 6 nitrogen and oxygen atoms in total. The molecule has 3 aromatic rings. The minimum Gasteiger partial charge on any atom is -0.356 e. The Balaban J connectivity index is 0.00000289. The maximum absolute atomic E-state index is 12.5. The number of aromatic nitrogens is 1. The van der Waals surface area contributed by atoms with Crippen molar-refractivity contribution in [3.8, 4) is 0 Å². The van der Waals surface area contributed by atoms with E-state index in [1.807, 2.05) is 12.1 Å². The fraction of sp³-hybridized carbons (Fsp3) is 0.435. The van der Waals surface area contributed by atoms with Gasteiger partial charge in [0.25, 0.3) is 0 Å². The number of nitrogens with one attached hydrogen (secondary N) is 1. The molecule has 1 amide bonds. The summed E-state index contributed by atoms with van der Waals surface area (Å²) in [5.74, 6) is 1.32. The lowest BCUT2D eigenvalue weighted by Gasteiger charge is -2.35. The largest absolute Gasteiger partial charge is 0.356 e. The summed E-state index contributed by atoms with van der Waals surface area (Å²) in [5.41, 5.74) is 0. The molecule has 172 valence electrons. The average Bonchev–Trinajstić information content (AvgIpc) is 3.41. The highest BCUT2D eigenvalue weighted by atomic mass is 35.5. The number of carbonyl (C=O) groups excluding carboxylic acids is 2. The van der Waals surface area contributed by atoms with E-state index in [-0.39, 0.29) is 24.1 Å². The van der Waals surface area contributed by atoms with Crippen molar-refractivity contribution < 1.29 is 9.59 Å². The van der Waals surface area contributed by atoms with E-state index < -0.39 is 0 Å². The summed E-state index contributed by atoms with van der Waals surface area (Å²) in [6.45, 7) is 7.06. The number of rotatable bonds is 9. The highest BCUT2D eigenvalue weighted by Crippen LogP contribution is 2.29. The van der Waals surface area contributed by atoms with Gasteiger partial charge in [-0.1, -0.05) is 12.1 Å². The standard InChI is InChI=1S/C23H28N4O2S2.ClH/c1-17(28)24-11-10-18-8-9-22(30-18)20(29)6-4-12-26-13-15-27(16-14-26)23-19-5-2-3-7-21(19)31-25-23;/h2-3,5,7-9H,4,6,10-16H2,1H3,(H,24,28);1H. The molecular weight excluding hydrogens is 464 g/mol. The summed E-state index contributed by atoms with van der Waals surface area (Å²) < 4.78 is 5.92. The van der Waals surface area contributed by atoms with Crippen LogP contribution in [0.4, 0.5) is 5.82 Å². The molecule has 0 saturated carbocycles. The van der Waals surface area contributed by atoms with Crippen LogP contribution in [-0.2, 0) is 11.2 Å². The first-order chi connectivity index (χ1) is 15.1. The van der Waals surface area contributed by atoms with Crippen molar-refractivity contribution in [3.05, 3.63) is 46.2 Å². The quantitative estimate of drug-likeness (QED) is 0.452. The van der Waals surface area contributed by atoms with E-state index in [1.165, 1.54) is 17.0 Å². The molecule has 0 radical (unpaired) electrons. The van der Waals surface area contributed by atoms with Crippen molar-refractivity contribution >= 4 is 62.9 Å². The number of hydrogen-bond donors (Lipinski definition) is 1. The molecular formula is C23H29ClN4O2S2. The third kappa shape index (κ3) is 6.28. The van der Waals surface area contributed by atoms with Gasteiger partial charge in [0, 0.05) is 56.3 Å². The Bertz CT molecular complexity index is 1040. The molecule has 0 unspecified atom stereocenters. The minimum atomic E-state index is -0.0198. The molecule has 1 N–H and O–H groups in total. The van der Waals surface area contributed by atoms with E-state index in [0.717, 1.165) is 61.1 Å². The minimum absolute atomic E-state index is 0. The van der Waals surface area contributed by atoms with Crippen LogP contribution < -0.4 is 10.2 Å². The smallest absolute Gasteiger partial charge is 0.216 e. The molecule has 1 fully saturated rings. The fourth-order valence-corrected chi connectivity index (χ4v) is 5.66. The number of nitrogens with zero attached hydrogens (tertiary/aromatic N) is 3. The highest BCUT2D eigenvalue weighted by molar-refractivity contribution is 7.14. The number of hydrogen-bond acceptors (Lipinski definition) is 7. The molecule has 9 heteroatoms. The lowest BCUT2D eigenvalue weighted by Crippen LogP contribution is -2.46. The molecule has 0 spiro atoms. The summed E-state index contributed by atoms with van der Waals surface area (Å²) in [6, 6.07) is 12.3. The van der Waals surface area contributed by atoms with Crippen LogP contribution in [0.5, 0.6) is 0 Å². The topological polar surface area (TPSA) is 65.5 Å². The van der Waals surface area contributed by atoms with Crippen LogP contribution in [0, 0.1) is 0 Å². The Morgan fingerprint density at radius 2 is 1.88 bits per heavy atom. The van der Waals surface area contributed by atoms with Crippen molar-refractivity contribution in [1.29, 1.82) is 0 Å². The van der Waals surface area contributed by atoms with Gasteiger partial charge in [0.2, 0.25) is 5.91 Å². The molecule has 0 bridgehead atoms. The Morgan fingerprint density at radius 3 is 2.66 bits per heavy atom. The van der Waals surface area contributed by atoms with Gasteiger partial charge in [0.15, 0.2) is 5.78 Å². The molecule has 32 heavy (non-hydrogen) atoms. The number of piperazine rings is 1. The second kappa shape index (κ2) is 11.7. The van der Waals surface area contributed by atoms with Crippen LogP contribution in [0.1, 0.15) is 34.3 Å². The highest BCUT2D eigenvalue weighted by Gasteiger charge is 2.20. The number of fused-ring (bicyclic) bond motifs is 1. The van der Waals surface area contributed by atoms with Gasteiger partial charge in [0.05, 0.1) is 9.58 Å². The van der Waals surface area contributed by atoms with Gasteiger partial charge in [-0.05, 0) is 55.2 Å². The average molecular weight is 493 g/mol. The molecule has 3 heterocycles. The third-order valence-corrected chi connectivity index (χ3v) is 7.59. The normalized spacial score (nSPS) is 14.3. The Hall–Kier alpha value is -2.00. The van der Waals surface area contributed by atoms with Crippen molar-refractivity contribution in [2.75, 3.05) is 44.2 Å². The number of carbonyl (C=O) groups is 2. The summed E-state index contributed by atoms with van der Waals surface area (Å²) in [6.07, 6.45) is 2.25. The maximum atomic E-state index is 12.5. The van der Waals surface area contributed by atoms with E-state index in [9.17, 15) is 9.59 Å². The Labute approximate surface area is 203 Å². The summed E-state index contributed by atoms with van der Waals surface area (Å²) in [7, 11) is 0. The number of thiophene rings is 1. The molecule has 1 aliphatic rings. The maximum Gasteiger partial charge on any atom is 0.216 e.